The third-order valence-corrected chi connectivity index (χ3v) is 2.71. The summed E-state index contributed by atoms with van der Waals surface area (Å²) in [6, 6.07) is 5.44. The van der Waals surface area contributed by atoms with Crippen molar-refractivity contribution in [3.05, 3.63) is 35.1 Å². The van der Waals surface area contributed by atoms with Crippen LogP contribution in [-0.2, 0) is 0 Å². The summed E-state index contributed by atoms with van der Waals surface area (Å²) in [7, 11) is 0. The van der Waals surface area contributed by atoms with Gasteiger partial charge in [-0.2, -0.15) is 0 Å². The van der Waals surface area contributed by atoms with Crippen molar-refractivity contribution >= 4 is 0 Å². The molecule has 1 N–H and O–H groups in total. The molecule has 2 heteroatoms. The number of hydrogen-bond donors (Lipinski definition) is 1. The lowest BCUT2D eigenvalue weighted by atomic mass is 9.97. The molecule has 0 bridgehead atoms. The van der Waals surface area contributed by atoms with E-state index >= 15 is 0 Å². The molecule has 1 aromatic rings. The average Bonchev–Trinajstić information content (AvgIpc) is 2.62. The van der Waals surface area contributed by atoms with Crippen LogP contribution in [0.5, 0.6) is 0 Å². The average molecular weight is 179 g/mol. The number of aryl methyl sites for hydroxylation is 1. The Balaban J connectivity index is 2.25. The van der Waals surface area contributed by atoms with Gasteiger partial charge >= 0.3 is 0 Å². The fraction of sp³-hybridized carbons (Fsp3) is 0.455. The van der Waals surface area contributed by atoms with Gasteiger partial charge in [0.1, 0.15) is 5.82 Å². The van der Waals surface area contributed by atoms with Crippen LogP contribution in [0.1, 0.15) is 23.5 Å². The molecule has 0 aliphatic carbocycles. The van der Waals surface area contributed by atoms with Crippen LogP contribution in [0.15, 0.2) is 18.2 Å². The van der Waals surface area contributed by atoms with E-state index in [1.54, 1.807) is 6.07 Å². The quantitative estimate of drug-likeness (QED) is 0.697. The van der Waals surface area contributed by atoms with Crippen LogP contribution < -0.4 is 5.32 Å². The van der Waals surface area contributed by atoms with Crippen molar-refractivity contribution < 1.29 is 4.39 Å². The topological polar surface area (TPSA) is 12.0 Å². The third-order valence-electron chi connectivity index (χ3n) is 2.71. The van der Waals surface area contributed by atoms with Crippen molar-refractivity contribution in [2.75, 3.05) is 13.1 Å². The van der Waals surface area contributed by atoms with Gasteiger partial charge in [0, 0.05) is 6.54 Å². The van der Waals surface area contributed by atoms with E-state index in [1.165, 1.54) is 12.0 Å². The number of halogens is 1. The molecule has 1 nitrogen and oxygen atoms in total. The molecule has 0 radical (unpaired) electrons. The molecule has 1 saturated heterocycles. The Hall–Kier alpha value is -0.890. The highest BCUT2D eigenvalue weighted by Gasteiger charge is 2.16. The van der Waals surface area contributed by atoms with E-state index in [-0.39, 0.29) is 5.82 Å². The molecule has 1 heterocycles. The van der Waals surface area contributed by atoms with Crippen LogP contribution >= 0.6 is 0 Å². The molecule has 0 aromatic heterocycles. The minimum Gasteiger partial charge on any atom is -0.316 e. The fourth-order valence-corrected chi connectivity index (χ4v) is 1.86. The molecule has 0 spiro atoms. The molecule has 0 unspecified atom stereocenters. The van der Waals surface area contributed by atoms with Crippen LogP contribution in [0, 0.1) is 12.7 Å². The lowest BCUT2D eigenvalue weighted by Gasteiger charge is -2.09. The van der Waals surface area contributed by atoms with E-state index < -0.39 is 0 Å². The molecular formula is C11H14FN. The van der Waals surface area contributed by atoms with Gasteiger partial charge in [0.05, 0.1) is 0 Å². The van der Waals surface area contributed by atoms with Gasteiger partial charge in [-0.3, -0.25) is 0 Å². The maximum atomic E-state index is 13.0. The van der Waals surface area contributed by atoms with Gasteiger partial charge in [-0.05, 0) is 43.0 Å². The Morgan fingerprint density at radius 1 is 1.46 bits per heavy atom. The first-order chi connectivity index (χ1) is 6.27. The molecule has 13 heavy (non-hydrogen) atoms. The SMILES string of the molecule is Cc1cc([C@@H]2CCNC2)ccc1F. The van der Waals surface area contributed by atoms with Gasteiger partial charge < -0.3 is 5.32 Å². The molecule has 1 atom stereocenters. The van der Waals surface area contributed by atoms with Gasteiger partial charge in [0.2, 0.25) is 0 Å². The summed E-state index contributed by atoms with van der Waals surface area (Å²) in [5.41, 5.74) is 2.02. The Labute approximate surface area is 78.0 Å². The van der Waals surface area contributed by atoms with Gasteiger partial charge in [-0.15, -0.1) is 0 Å². The highest BCUT2D eigenvalue weighted by atomic mass is 19.1. The van der Waals surface area contributed by atoms with E-state index in [1.807, 2.05) is 19.1 Å². The number of rotatable bonds is 1. The number of nitrogens with one attached hydrogen (secondary N) is 1. The van der Waals surface area contributed by atoms with Crippen molar-refractivity contribution in [1.82, 2.24) is 5.32 Å². The number of hydrogen-bond acceptors (Lipinski definition) is 1. The first-order valence-electron chi connectivity index (χ1n) is 4.74. The maximum Gasteiger partial charge on any atom is 0.126 e. The molecule has 0 amide bonds. The zero-order valence-corrected chi connectivity index (χ0v) is 7.81. The Morgan fingerprint density at radius 2 is 2.31 bits per heavy atom. The molecule has 1 aliphatic heterocycles. The predicted octanol–water partition coefficient (Wildman–Crippen LogP) is 2.21. The molecular weight excluding hydrogens is 165 g/mol. The van der Waals surface area contributed by atoms with E-state index in [4.69, 9.17) is 0 Å². The zero-order valence-electron chi connectivity index (χ0n) is 7.81. The lowest BCUT2D eigenvalue weighted by molar-refractivity contribution is 0.616. The summed E-state index contributed by atoms with van der Waals surface area (Å²) in [5, 5.41) is 3.31. The summed E-state index contributed by atoms with van der Waals surface area (Å²) in [6.07, 6.45) is 1.17. The second kappa shape index (κ2) is 3.46. The minimum atomic E-state index is -0.102. The van der Waals surface area contributed by atoms with E-state index in [0.717, 1.165) is 18.7 Å². The van der Waals surface area contributed by atoms with Crippen molar-refractivity contribution in [2.45, 2.75) is 19.3 Å². The number of benzene rings is 1. The molecule has 0 saturated carbocycles. The zero-order chi connectivity index (χ0) is 9.26. The standard InChI is InChI=1S/C11H14FN/c1-8-6-9(2-3-11(8)12)10-4-5-13-7-10/h2-3,6,10,13H,4-5,7H2,1H3/t10-/m1/s1. The predicted molar refractivity (Wildman–Crippen MR) is 51.4 cm³/mol. The van der Waals surface area contributed by atoms with Crippen LogP contribution in [0.4, 0.5) is 4.39 Å². The van der Waals surface area contributed by atoms with Crippen LogP contribution in [0.25, 0.3) is 0 Å². The van der Waals surface area contributed by atoms with Gasteiger partial charge in [0.25, 0.3) is 0 Å². The monoisotopic (exact) mass is 179 g/mol. The third kappa shape index (κ3) is 1.73. The smallest absolute Gasteiger partial charge is 0.126 e. The summed E-state index contributed by atoms with van der Waals surface area (Å²) < 4.78 is 13.0. The summed E-state index contributed by atoms with van der Waals surface area (Å²) in [4.78, 5) is 0. The molecule has 2 rings (SSSR count). The lowest BCUT2D eigenvalue weighted by Crippen LogP contribution is -2.08. The van der Waals surface area contributed by atoms with E-state index in [2.05, 4.69) is 5.32 Å². The summed E-state index contributed by atoms with van der Waals surface area (Å²) >= 11 is 0. The van der Waals surface area contributed by atoms with Crippen LogP contribution in [0.2, 0.25) is 0 Å². The Bertz CT molecular complexity index is 303. The first-order valence-corrected chi connectivity index (χ1v) is 4.74. The Morgan fingerprint density at radius 3 is 2.92 bits per heavy atom. The normalized spacial score (nSPS) is 22.2. The minimum absolute atomic E-state index is 0.102. The second-order valence-corrected chi connectivity index (χ2v) is 3.70. The largest absolute Gasteiger partial charge is 0.316 e. The highest BCUT2D eigenvalue weighted by Crippen LogP contribution is 2.23. The summed E-state index contributed by atoms with van der Waals surface area (Å²) in [6.45, 7) is 3.94. The van der Waals surface area contributed by atoms with Crippen LogP contribution in [-0.4, -0.2) is 13.1 Å². The fourth-order valence-electron chi connectivity index (χ4n) is 1.86. The van der Waals surface area contributed by atoms with Crippen molar-refractivity contribution in [3.8, 4) is 0 Å². The Kier molecular flexibility index (Phi) is 2.32. The van der Waals surface area contributed by atoms with Crippen LogP contribution in [0.3, 0.4) is 0 Å². The highest BCUT2D eigenvalue weighted by molar-refractivity contribution is 5.27. The molecule has 1 aliphatic rings. The van der Waals surface area contributed by atoms with Crippen molar-refractivity contribution in [2.24, 2.45) is 0 Å². The second-order valence-electron chi connectivity index (χ2n) is 3.70. The van der Waals surface area contributed by atoms with Gasteiger partial charge in [-0.25, -0.2) is 4.39 Å². The van der Waals surface area contributed by atoms with Gasteiger partial charge in [0.15, 0.2) is 0 Å². The molecule has 1 fully saturated rings. The molecule has 1 aromatic carbocycles. The van der Waals surface area contributed by atoms with Crippen molar-refractivity contribution in [3.63, 3.8) is 0 Å². The van der Waals surface area contributed by atoms with Gasteiger partial charge in [-0.1, -0.05) is 12.1 Å². The summed E-state index contributed by atoms with van der Waals surface area (Å²) in [5.74, 6) is 0.481. The van der Waals surface area contributed by atoms with E-state index in [0.29, 0.717) is 5.92 Å². The van der Waals surface area contributed by atoms with Crippen molar-refractivity contribution in [1.29, 1.82) is 0 Å². The van der Waals surface area contributed by atoms with E-state index in [9.17, 15) is 4.39 Å². The maximum absolute atomic E-state index is 13.0. The first kappa shape index (κ1) is 8.70. The molecule has 70 valence electrons.